The largest absolute Gasteiger partial charge is 0.350 e. The number of para-hydroxylation sites is 1. The van der Waals surface area contributed by atoms with Crippen molar-refractivity contribution < 1.29 is 8.78 Å². The first-order valence-electron chi connectivity index (χ1n) is 7.82. The molecule has 0 aliphatic carbocycles. The second kappa shape index (κ2) is 9.57. The summed E-state index contributed by atoms with van der Waals surface area (Å²) in [5.41, 5.74) is 5.98. The van der Waals surface area contributed by atoms with E-state index in [0.29, 0.717) is 5.56 Å². The van der Waals surface area contributed by atoms with Crippen molar-refractivity contribution >= 4 is 17.1 Å². The van der Waals surface area contributed by atoms with Crippen LogP contribution in [0, 0.1) is 17.0 Å². The zero-order valence-electron chi connectivity index (χ0n) is 13.6. The van der Waals surface area contributed by atoms with Crippen molar-refractivity contribution in [2.24, 2.45) is 5.73 Å². The summed E-state index contributed by atoms with van der Waals surface area (Å²) < 4.78 is 27.9. The van der Waals surface area contributed by atoms with E-state index in [-0.39, 0.29) is 44.0 Å². The zero-order chi connectivity index (χ0) is 18.7. The Balaban J connectivity index is 0.00000196. The first kappa shape index (κ1) is 22.7. The molecule has 0 aliphatic heterocycles. The third kappa shape index (κ3) is 4.50. The second-order valence-electron chi connectivity index (χ2n) is 5.60. The topological polar surface area (TPSA) is 94.8 Å². The molecule has 148 valence electrons. The SMILES string of the molecule is C.C.N=C(c1cccc(CN)c1)c1c(Nc2c(F)cccc2F)cc[nH]c1=O. The number of nitrogens with two attached hydrogens (primary N) is 1. The number of halogens is 2. The Morgan fingerprint density at radius 1 is 1.07 bits per heavy atom. The molecule has 2 aromatic carbocycles. The smallest absolute Gasteiger partial charge is 0.259 e. The molecule has 7 heteroatoms. The maximum absolute atomic E-state index is 13.9. The zero-order valence-corrected chi connectivity index (χ0v) is 13.6. The van der Waals surface area contributed by atoms with Gasteiger partial charge in [-0.1, -0.05) is 39.1 Å². The molecule has 3 aromatic rings. The van der Waals surface area contributed by atoms with E-state index in [1.54, 1.807) is 24.3 Å². The molecule has 0 saturated heterocycles. The van der Waals surface area contributed by atoms with Gasteiger partial charge in [-0.2, -0.15) is 0 Å². The van der Waals surface area contributed by atoms with Gasteiger partial charge >= 0.3 is 0 Å². The minimum Gasteiger partial charge on any atom is -0.350 e. The number of benzene rings is 2. The molecule has 1 heterocycles. The van der Waals surface area contributed by atoms with Gasteiger partial charge in [0.1, 0.15) is 17.3 Å². The molecule has 0 fully saturated rings. The van der Waals surface area contributed by atoms with E-state index in [1.807, 2.05) is 0 Å². The fourth-order valence-corrected chi connectivity index (χ4v) is 2.58. The van der Waals surface area contributed by atoms with Gasteiger partial charge in [0.05, 0.1) is 17.0 Å². The predicted molar refractivity (Wildman–Crippen MR) is 110 cm³/mol. The van der Waals surface area contributed by atoms with Crippen LogP contribution in [0.5, 0.6) is 0 Å². The van der Waals surface area contributed by atoms with Crippen molar-refractivity contribution in [3.63, 3.8) is 0 Å². The van der Waals surface area contributed by atoms with E-state index in [9.17, 15) is 13.6 Å². The van der Waals surface area contributed by atoms with Crippen LogP contribution in [0.4, 0.5) is 20.2 Å². The number of anilines is 2. The molecule has 0 radical (unpaired) electrons. The van der Waals surface area contributed by atoms with Gasteiger partial charge < -0.3 is 16.0 Å². The van der Waals surface area contributed by atoms with Crippen LogP contribution in [0.1, 0.15) is 31.5 Å². The molecule has 0 spiro atoms. The van der Waals surface area contributed by atoms with Crippen LogP contribution in [0.3, 0.4) is 0 Å². The molecule has 0 bridgehead atoms. The first-order valence-corrected chi connectivity index (χ1v) is 7.82. The van der Waals surface area contributed by atoms with Gasteiger partial charge in [-0.05, 0) is 29.8 Å². The standard InChI is InChI=1S/C19H16F2N4O.2CH4/c20-13-5-2-6-14(21)18(13)25-15-7-8-24-19(26)16(15)17(23)12-4-1-3-11(9-12)10-22;;/h1-9,23H,10,22H2,(H2,24,25,26);2*1H4. The Bertz CT molecular complexity index is 1010. The summed E-state index contributed by atoms with van der Waals surface area (Å²) in [6.07, 6.45) is 1.34. The summed E-state index contributed by atoms with van der Waals surface area (Å²) in [5.74, 6) is -1.60. The normalized spacial score (nSPS) is 9.82. The number of aromatic amines is 1. The van der Waals surface area contributed by atoms with Crippen molar-refractivity contribution in [3.8, 4) is 0 Å². The van der Waals surface area contributed by atoms with Gasteiger partial charge in [0.25, 0.3) is 5.56 Å². The van der Waals surface area contributed by atoms with Crippen molar-refractivity contribution in [3.05, 3.63) is 93.4 Å². The Morgan fingerprint density at radius 2 is 1.71 bits per heavy atom. The molecule has 0 saturated carbocycles. The number of pyridine rings is 1. The number of rotatable bonds is 5. The lowest BCUT2D eigenvalue weighted by molar-refractivity contribution is 0.591. The van der Waals surface area contributed by atoms with E-state index in [2.05, 4.69) is 10.3 Å². The minimum absolute atomic E-state index is 0. The van der Waals surface area contributed by atoms with Crippen LogP contribution in [0.25, 0.3) is 0 Å². The van der Waals surface area contributed by atoms with Crippen molar-refractivity contribution in [1.82, 2.24) is 4.98 Å². The Kier molecular flexibility index (Phi) is 7.76. The van der Waals surface area contributed by atoms with E-state index in [0.717, 1.165) is 17.7 Å². The number of hydrogen-bond donors (Lipinski definition) is 4. The molecule has 0 unspecified atom stereocenters. The molecule has 0 aliphatic rings. The van der Waals surface area contributed by atoms with E-state index >= 15 is 0 Å². The summed E-state index contributed by atoms with van der Waals surface area (Å²) >= 11 is 0. The molecule has 5 N–H and O–H groups in total. The third-order valence-corrected chi connectivity index (χ3v) is 3.88. The number of hydrogen-bond acceptors (Lipinski definition) is 4. The van der Waals surface area contributed by atoms with Crippen molar-refractivity contribution in [2.45, 2.75) is 21.4 Å². The van der Waals surface area contributed by atoms with Gasteiger partial charge in [0, 0.05) is 18.3 Å². The second-order valence-corrected chi connectivity index (χ2v) is 5.60. The lowest BCUT2D eigenvalue weighted by atomic mass is 10.00. The minimum atomic E-state index is -0.798. The number of H-pyrrole nitrogens is 1. The molecule has 1 aromatic heterocycles. The third-order valence-electron chi connectivity index (χ3n) is 3.88. The van der Waals surface area contributed by atoms with Crippen LogP contribution >= 0.6 is 0 Å². The van der Waals surface area contributed by atoms with Gasteiger partial charge in [0.2, 0.25) is 0 Å². The highest BCUT2D eigenvalue weighted by molar-refractivity contribution is 6.14. The quantitative estimate of drug-likeness (QED) is 0.485. The van der Waals surface area contributed by atoms with Crippen LogP contribution in [-0.4, -0.2) is 10.7 Å². The molecule has 28 heavy (non-hydrogen) atoms. The maximum atomic E-state index is 13.9. The summed E-state index contributed by atoms with van der Waals surface area (Å²) in [4.78, 5) is 14.8. The Morgan fingerprint density at radius 3 is 2.36 bits per heavy atom. The summed E-state index contributed by atoms with van der Waals surface area (Å²) in [7, 11) is 0. The Hall–Kier alpha value is -3.32. The summed E-state index contributed by atoms with van der Waals surface area (Å²) in [6.45, 7) is 0.289. The summed E-state index contributed by atoms with van der Waals surface area (Å²) in [6, 6.07) is 11.8. The van der Waals surface area contributed by atoms with Gasteiger partial charge in [-0.15, -0.1) is 0 Å². The molecule has 5 nitrogen and oxygen atoms in total. The highest BCUT2D eigenvalue weighted by Gasteiger charge is 2.17. The van der Waals surface area contributed by atoms with E-state index in [1.165, 1.54) is 18.3 Å². The van der Waals surface area contributed by atoms with Gasteiger partial charge in [0.15, 0.2) is 0 Å². The fraction of sp³-hybridized carbons (Fsp3) is 0.143. The number of nitrogens with one attached hydrogen (secondary N) is 3. The number of aromatic nitrogens is 1. The fourth-order valence-electron chi connectivity index (χ4n) is 2.58. The van der Waals surface area contributed by atoms with E-state index in [4.69, 9.17) is 11.1 Å². The lowest BCUT2D eigenvalue weighted by Gasteiger charge is -2.14. The molecule has 0 atom stereocenters. The average molecular weight is 386 g/mol. The molecular weight excluding hydrogens is 362 g/mol. The molecule has 3 rings (SSSR count). The monoisotopic (exact) mass is 386 g/mol. The maximum Gasteiger partial charge on any atom is 0.259 e. The highest BCUT2D eigenvalue weighted by atomic mass is 19.1. The summed E-state index contributed by atoms with van der Waals surface area (Å²) in [5, 5.41) is 11.0. The average Bonchev–Trinajstić information content (AvgIpc) is 2.64. The molecule has 0 amide bonds. The van der Waals surface area contributed by atoms with Crippen LogP contribution < -0.4 is 16.6 Å². The first-order chi connectivity index (χ1) is 12.5. The van der Waals surface area contributed by atoms with E-state index < -0.39 is 17.2 Å². The van der Waals surface area contributed by atoms with Gasteiger partial charge in [-0.3, -0.25) is 10.2 Å². The van der Waals surface area contributed by atoms with Crippen molar-refractivity contribution in [2.75, 3.05) is 5.32 Å². The molecular formula is C21H24F2N4O. The van der Waals surface area contributed by atoms with Crippen LogP contribution in [0.15, 0.2) is 59.5 Å². The van der Waals surface area contributed by atoms with Crippen molar-refractivity contribution in [1.29, 1.82) is 5.41 Å². The predicted octanol–water partition coefficient (Wildman–Crippen LogP) is 4.54. The highest BCUT2D eigenvalue weighted by Crippen LogP contribution is 2.25. The van der Waals surface area contributed by atoms with Crippen LogP contribution in [-0.2, 0) is 6.54 Å². The van der Waals surface area contributed by atoms with Crippen LogP contribution in [0.2, 0.25) is 0 Å². The van der Waals surface area contributed by atoms with Gasteiger partial charge in [-0.25, -0.2) is 8.78 Å². The lowest BCUT2D eigenvalue weighted by Crippen LogP contribution is -2.20. The Labute approximate surface area is 162 Å².